The SMILES string of the molecule is COCCNCc1cc(C)ccc1N(C)CC1CC1C. The van der Waals surface area contributed by atoms with Crippen LogP contribution in [0.25, 0.3) is 0 Å². The highest BCUT2D eigenvalue weighted by atomic mass is 16.5. The first-order valence-corrected chi connectivity index (χ1v) is 7.62. The summed E-state index contributed by atoms with van der Waals surface area (Å²) in [6.45, 7) is 8.25. The number of anilines is 1. The fourth-order valence-electron chi connectivity index (χ4n) is 2.73. The van der Waals surface area contributed by atoms with Crippen LogP contribution in [-0.2, 0) is 11.3 Å². The van der Waals surface area contributed by atoms with Gasteiger partial charge in [0.25, 0.3) is 0 Å². The molecule has 1 N–H and O–H groups in total. The van der Waals surface area contributed by atoms with Gasteiger partial charge in [0.05, 0.1) is 6.61 Å². The number of hydrogen-bond donors (Lipinski definition) is 1. The second-order valence-electron chi connectivity index (χ2n) is 6.16. The largest absolute Gasteiger partial charge is 0.383 e. The van der Waals surface area contributed by atoms with E-state index in [1.165, 1.54) is 29.8 Å². The summed E-state index contributed by atoms with van der Waals surface area (Å²) >= 11 is 0. The van der Waals surface area contributed by atoms with Crippen molar-refractivity contribution in [3.05, 3.63) is 29.3 Å². The lowest BCUT2D eigenvalue weighted by Crippen LogP contribution is -2.24. The lowest BCUT2D eigenvalue weighted by molar-refractivity contribution is 0.199. The Morgan fingerprint density at radius 1 is 1.40 bits per heavy atom. The molecule has 1 saturated carbocycles. The van der Waals surface area contributed by atoms with Crippen LogP contribution in [0.3, 0.4) is 0 Å². The Kier molecular flexibility index (Phi) is 5.44. The molecule has 1 aliphatic carbocycles. The van der Waals surface area contributed by atoms with Crippen LogP contribution in [-0.4, -0.2) is 33.9 Å². The second kappa shape index (κ2) is 7.09. The van der Waals surface area contributed by atoms with E-state index in [0.717, 1.165) is 31.5 Å². The zero-order valence-corrected chi connectivity index (χ0v) is 13.3. The molecule has 0 saturated heterocycles. The van der Waals surface area contributed by atoms with Crippen molar-refractivity contribution in [1.29, 1.82) is 0 Å². The number of ether oxygens (including phenoxy) is 1. The molecule has 2 rings (SSSR count). The summed E-state index contributed by atoms with van der Waals surface area (Å²) in [6.07, 6.45) is 1.39. The lowest BCUT2D eigenvalue weighted by atomic mass is 10.1. The van der Waals surface area contributed by atoms with Gasteiger partial charge in [0.2, 0.25) is 0 Å². The van der Waals surface area contributed by atoms with E-state index in [0.29, 0.717) is 0 Å². The van der Waals surface area contributed by atoms with Crippen molar-refractivity contribution in [2.45, 2.75) is 26.8 Å². The predicted molar refractivity (Wildman–Crippen MR) is 85.3 cm³/mol. The number of methoxy groups -OCH3 is 1. The first-order valence-electron chi connectivity index (χ1n) is 7.62. The van der Waals surface area contributed by atoms with Crippen LogP contribution >= 0.6 is 0 Å². The molecule has 112 valence electrons. The van der Waals surface area contributed by atoms with E-state index in [1.807, 2.05) is 0 Å². The Bertz CT molecular complexity index is 433. The topological polar surface area (TPSA) is 24.5 Å². The average molecular weight is 276 g/mol. The van der Waals surface area contributed by atoms with Crippen LogP contribution in [0.4, 0.5) is 5.69 Å². The third kappa shape index (κ3) is 4.22. The Morgan fingerprint density at radius 3 is 2.80 bits per heavy atom. The molecule has 1 aromatic rings. The summed E-state index contributed by atoms with van der Waals surface area (Å²) in [5.41, 5.74) is 4.07. The highest BCUT2D eigenvalue weighted by molar-refractivity contribution is 5.54. The van der Waals surface area contributed by atoms with Crippen LogP contribution in [0.1, 0.15) is 24.5 Å². The maximum absolute atomic E-state index is 5.08. The van der Waals surface area contributed by atoms with Gasteiger partial charge in [0.15, 0.2) is 0 Å². The van der Waals surface area contributed by atoms with E-state index < -0.39 is 0 Å². The number of nitrogens with one attached hydrogen (secondary N) is 1. The smallest absolute Gasteiger partial charge is 0.0587 e. The van der Waals surface area contributed by atoms with Crippen molar-refractivity contribution in [3.8, 4) is 0 Å². The Balaban J connectivity index is 1.98. The predicted octanol–water partition coefficient (Wildman–Crippen LogP) is 2.82. The minimum Gasteiger partial charge on any atom is -0.383 e. The van der Waals surface area contributed by atoms with Gasteiger partial charge in [-0.05, 0) is 36.8 Å². The van der Waals surface area contributed by atoms with Gasteiger partial charge in [0.1, 0.15) is 0 Å². The number of aryl methyl sites for hydroxylation is 1. The summed E-state index contributed by atoms with van der Waals surface area (Å²) < 4.78 is 5.08. The van der Waals surface area contributed by atoms with Gasteiger partial charge in [-0.3, -0.25) is 0 Å². The Morgan fingerprint density at radius 2 is 2.15 bits per heavy atom. The molecular weight excluding hydrogens is 248 g/mol. The average Bonchev–Trinajstić information content (AvgIpc) is 3.10. The van der Waals surface area contributed by atoms with Crippen molar-refractivity contribution < 1.29 is 4.74 Å². The molecule has 0 amide bonds. The fraction of sp³-hybridized carbons (Fsp3) is 0.647. The van der Waals surface area contributed by atoms with Gasteiger partial charge in [-0.15, -0.1) is 0 Å². The zero-order valence-electron chi connectivity index (χ0n) is 13.3. The molecule has 1 aromatic carbocycles. The van der Waals surface area contributed by atoms with E-state index in [2.05, 4.69) is 49.3 Å². The fourth-order valence-corrected chi connectivity index (χ4v) is 2.73. The van der Waals surface area contributed by atoms with Gasteiger partial charge in [-0.2, -0.15) is 0 Å². The number of benzene rings is 1. The zero-order chi connectivity index (χ0) is 14.5. The number of hydrogen-bond acceptors (Lipinski definition) is 3. The molecule has 2 unspecified atom stereocenters. The van der Waals surface area contributed by atoms with Crippen LogP contribution in [0.2, 0.25) is 0 Å². The first kappa shape index (κ1) is 15.3. The molecule has 3 heteroatoms. The third-order valence-electron chi connectivity index (χ3n) is 4.23. The van der Waals surface area contributed by atoms with Crippen molar-refractivity contribution in [2.24, 2.45) is 11.8 Å². The molecule has 2 atom stereocenters. The van der Waals surface area contributed by atoms with Gasteiger partial charge in [0, 0.05) is 39.5 Å². The second-order valence-corrected chi connectivity index (χ2v) is 6.16. The summed E-state index contributed by atoms with van der Waals surface area (Å²) in [4.78, 5) is 2.42. The van der Waals surface area contributed by atoms with Crippen LogP contribution in [0, 0.1) is 18.8 Å². The molecule has 3 nitrogen and oxygen atoms in total. The monoisotopic (exact) mass is 276 g/mol. The van der Waals surface area contributed by atoms with Crippen molar-refractivity contribution in [1.82, 2.24) is 5.32 Å². The van der Waals surface area contributed by atoms with Crippen LogP contribution < -0.4 is 10.2 Å². The number of nitrogens with zero attached hydrogens (tertiary/aromatic N) is 1. The molecule has 0 aromatic heterocycles. The molecular formula is C17H28N2O. The minimum atomic E-state index is 0.760. The van der Waals surface area contributed by atoms with Crippen molar-refractivity contribution >= 4 is 5.69 Å². The highest BCUT2D eigenvalue weighted by Gasteiger charge is 2.33. The summed E-state index contributed by atoms with van der Waals surface area (Å²) in [7, 11) is 3.96. The lowest BCUT2D eigenvalue weighted by Gasteiger charge is -2.23. The first-order chi connectivity index (χ1) is 9.61. The minimum absolute atomic E-state index is 0.760. The van der Waals surface area contributed by atoms with Gasteiger partial charge in [-0.1, -0.05) is 24.6 Å². The standard InChI is InChI=1S/C17H28N2O/c1-13-5-6-17(19(3)12-16-10-14(16)2)15(9-13)11-18-7-8-20-4/h5-6,9,14,16,18H,7-8,10-12H2,1-4H3. The highest BCUT2D eigenvalue weighted by Crippen LogP contribution is 2.39. The maximum atomic E-state index is 5.08. The summed E-state index contributed by atoms with van der Waals surface area (Å²) in [5, 5.41) is 3.45. The van der Waals surface area contributed by atoms with E-state index >= 15 is 0 Å². The molecule has 20 heavy (non-hydrogen) atoms. The van der Waals surface area contributed by atoms with E-state index in [1.54, 1.807) is 7.11 Å². The Hall–Kier alpha value is -1.06. The summed E-state index contributed by atoms with van der Waals surface area (Å²) in [5.74, 6) is 1.79. The maximum Gasteiger partial charge on any atom is 0.0587 e. The van der Waals surface area contributed by atoms with Crippen LogP contribution in [0.5, 0.6) is 0 Å². The normalized spacial score (nSPS) is 21.0. The van der Waals surface area contributed by atoms with Gasteiger partial charge < -0.3 is 15.0 Å². The summed E-state index contributed by atoms with van der Waals surface area (Å²) in [6, 6.07) is 6.76. The van der Waals surface area contributed by atoms with Crippen molar-refractivity contribution in [3.63, 3.8) is 0 Å². The number of rotatable bonds is 8. The molecule has 0 bridgehead atoms. The molecule has 1 fully saturated rings. The molecule has 0 spiro atoms. The van der Waals surface area contributed by atoms with Gasteiger partial charge >= 0.3 is 0 Å². The Labute approximate surface area is 123 Å². The van der Waals surface area contributed by atoms with Crippen LogP contribution in [0.15, 0.2) is 18.2 Å². The van der Waals surface area contributed by atoms with Crippen molar-refractivity contribution in [2.75, 3.05) is 38.8 Å². The quantitative estimate of drug-likeness (QED) is 0.739. The molecule has 1 aliphatic rings. The molecule has 0 heterocycles. The van der Waals surface area contributed by atoms with E-state index in [4.69, 9.17) is 4.74 Å². The van der Waals surface area contributed by atoms with E-state index in [-0.39, 0.29) is 0 Å². The third-order valence-corrected chi connectivity index (χ3v) is 4.23. The molecule has 0 radical (unpaired) electrons. The van der Waals surface area contributed by atoms with E-state index in [9.17, 15) is 0 Å². The molecule has 0 aliphatic heterocycles. The van der Waals surface area contributed by atoms with Gasteiger partial charge in [-0.25, -0.2) is 0 Å².